The van der Waals surface area contributed by atoms with Crippen molar-refractivity contribution in [2.75, 3.05) is 21.1 Å². The normalized spacial score (nSPS) is 13.1. The number of hydrogen-bond acceptors (Lipinski definition) is 1. The highest BCUT2D eigenvalue weighted by atomic mass is 35.5. The van der Waals surface area contributed by atoms with Crippen LogP contribution < -0.4 is 12.4 Å². The van der Waals surface area contributed by atoms with Crippen LogP contribution in [-0.4, -0.2) is 37.5 Å². The van der Waals surface area contributed by atoms with Crippen molar-refractivity contribution in [1.82, 2.24) is 0 Å². The molecule has 3 heteroatoms. The molecule has 0 aliphatic rings. The quantitative estimate of drug-likeness (QED) is 0.381. The Bertz CT molecular complexity index is 181. The van der Waals surface area contributed by atoms with E-state index in [-0.39, 0.29) is 24.2 Å². The molecule has 0 saturated heterocycles. The van der Waals surface area contributed by atoms with Gasteiger partial charge in [0, 0.05) is 0 Å². The molecule has 0 heterocycles. The van der Waals surface area contributed by atoms with Gasteiger partial charge < -0.3 is 16.9 Å². The molecular weight excluding hydrogens is 174 g/mol. The number of nitrogens with zero attached hydrogens (tertiary/aromatic N) is 1. The van der Waals surface area contributed by atoms with Crippen LogP contribution in [0.1, 0.15) is 13.8 Å². The molecule has 0 aromatic carbocycles. The van der Waals surface area contributed by atoms with Gasteiger partial charge in [0.2, 0.25) is 5.78 Å². The smallest absolute Gasteiger partial charge is 0.214 e. The van der Waals surface area contributed by atoms with Gasteiger partial charge in [-0.2, -0.15) is 0 Å². The highest BCUT2D eigenvalue weighted by Gasteiger charge is 2.26. The summed E-state index contributed by atoms with van der Waals surface area (Å²) in [4.78, 5) is 11.4. The van der Waals surface area contributed by atoms with Crippen LogP contribution in [-0.2, 0) is 4.79 Å². The predicted octanol–water partition coefficient (Wildman–Crippen LogP) is -1.77. The molecule has 0 aromatic heterocycles. The Morgan fingerprint density at radius 3 is 1.75 bits per heavy atom. The molecule has 0 aliphatic carbocycles. The van der Waals surface area contributed by atoms with Gasteiger partial charge in [-0.25, -0.2) is 0 Å². The number of carbonyl (C=O) groups excluding carboxylic acids is 1. The molecule has 0 fully saturated rings. The van der Waals surface area contributed by atoms with Gasteiger partial charge in [-0.1, -0.05) is 6.58 Å². The van der Waals surface area contributed by atoms with E-state index in [4.69, 9.17) is 0 Å². The van der Waals surface area contributed by atoms with E-state index in [0.29, 0.717) is 10.1 Å². The minimum Gasteiger partial charge on any atom is -1.00 e. The number of ketones is 1. The Labute approximate surface area is 81.3 Å². The summed E-state index contributed by atoms with van der Waals surface area (Å²) in [7, 11) is 6.02. The van der Waals surface area contributed by atoms with Gasteiger partial charge in [-0.15, -0.1) is 0 Å². The van der Waals surface area contributed by atoms with Gasteiger partial charge in [-0.05, 0) is 19.4 Å². The highest BCUT2D eigenvalue weighted by Crippen LogP contribution is 2.07. The van der Waals surface area contributed by atoms with Gasteiger partial charge in [0.15, 0.2) is 0 Å². The summed E-state index contributed by atoms with van der Waals surface area (Å²) >= 11 is 0. The summed E-state index contributed by atoms with van der Waals surface area (Å²) in [6, 6.07) is 0.00694. The molecule has 0 bridgehead atoms. The van der Waals surface area contributed by atoms with Crippen LogP contribution in [0.15, 0.2) is 12.2 Å². The van der Waals surface area contributed by atoms with E-state index in [9.17, 15) is 4.79 Å². The zero-order valence-electron chi connectivity index (χ0n) is 8.52. The predicted molar refractivity (Wildman–Crippen MR) is 47.3 cm³/mol. The van der Waals surface area contributed by atoms with Crippen molar-refractivity contribution >= 4 is 5.78 Å². The molecule has 12 heavy (non-hydrogen) atoms. The average molecular weight is 192 g/mol. The minimum absolute atomic E-state index is 0. The lowest BCUT2D eigenvalue weighted by atomic mass is 10.1. The van der Waals surface area contributed by atoms with Gasteiger partial charge in [0.1, 0.15) is 6.04 Å². The monoisotopic (exact) mass is 191 g/mol. The molecule has 0 rings (SSSR count). The lowest BCUT2D eigenvalue weighted by Gasteiger charge is -2.30. The maximum absolute atomic E-state index is 11.4. The minimum atomic E-state index is 0. The molecule has 0 spiro atoms. The Kier molecular flexibility index (Phi) is 5.48. The first-order valence-electron chi connectivity index (χ1n) is 3.77. The fourth-order valence-electron chi connectivity index (χ4n) is 0.708. The van der Waals surface area contributed by atoms with Crippen molar-refractivity contribution in [1.29, 1.82) is 0 Å². The number of rotatable bonds is 3. The SMILES string of the molecule is C=C(C)C(=O)C(C)[N+](C)(C)C.[Cl-]. The molecular formula is C9H18ClNO. The van der Waals surface area contributed by atoms with E-state index in [0.717, 1.165) is 0 Å². The number of hydrogen-bond donors (Lipinski definition) is 0. The maximum Gasteiger partial charge on any atom is 0.214 e. The summed E-state index contributed by atoms with van der Waals surface area (Å²) in [6.45, 7) is 7.32. The van der Waals surface area contributed by atoms with Gasteiger partial charge in [0.25, 0.3) is 0 Å². The van der Waals surface area contributed by atoms with Crippen LogP contribution in [0.25, 0.3) is 0 Å². The van der Waals surface area contributed by atoms with E-state index in [2.05, 4.69) is 6.58 Å². The van der Waals surface area contributed by atoms with Crippen LogP contribution in [0.3, 0.4) is 0 Å². The van der Waals surface area contributed by atoms with Crippen molar-refractivity contribution in [3.63, 3.8) is 0 Å². The van der Waals surface area contributed by atoms with Crippen LogP contribution >= 0.6 is 0 Å². The second-order valence-electron chi connectivity index (χ2n) is 3.94. The van der Waals surface area contributed by atoms with E-state index in [1.54, 1.807) is 6.92 Å². The number of Topliss-reactive ketones (excluding diaryl/α,β-unsaturated/α-hetero) is 1. The first-order valence-corrected chi connectivity index (χ1v) is 3.77. The Morgan fingerprint density at radius 1 is 1.33 bits per heavy atom. The van der Waals surface area contributed by atoms with Crippen molar-refractivity contribution in [2.45, 2.75) is 19.9 Å². The van der Waals surface area contributed by atoms with Crippen LogP contribution in [0.4, 0.5) is 0 Å². The molecule has 0 radical (unpaired) electrons. The molecule has 2 nitrogen and oxygen atoms in total. The van der Waals surface area contributed by atoms with Crippen molar-refractivity contribution in [3.05, 3.63) is 12.2 Å². The second kappa shape index (κ2) is 4.63. The van der Waals surface area contributed by atoms with Gasteiger partial charge in [-0.3, -0.25) is 4.79 Å². The molecule has 0 amide bonds. The first-order chi connectivity index (χ1) is 4.76. The first kappa shape index (κ1) is 14.2. The Balaban J connectivity index is 0. The number of quaternary nitrogens is 1. The van der Waals surface area contributed by atoms with Crippen LogP contribution in [0.2, 0.25) is 0 Å². The standard InChI is InChI=1S/C9H18NO.ClH/c1-7(2)9(11)8(3)10(4,5)6;/h8H,1H2,2-6H3;1H/q+1;/p-1. The van der Waals surface area contributed by atoms with Crippen LogP contribution in [0.5, 0.6) is 0 Å². The topological polar surface area (TPSA) is 17.1 Å². The Morgan fingerprint density at radius 2 is 1.67 bits per heavy atom. The number of halogens is 1. The van der Waals surface area contributed by atoms with E-state index in [1.165, 1.54) is 0 Å². The van der Waals surface area contributed by atoms with Crippen LogP contribution in [0, 0.1) is 0 Å². The zero-order chi connectivity index (χ0) is 9.23. The zero-order valence-corrected chi connectivity index (χ0v) is 9.27. The van der Waals surface area contributed by atoms with Gasteiger partial charge >= 0.3 is 0 Å². The van der Waals surface area contributed by atoms with Crippen molar-refractivity contribution in [3.8, 4) is 0 Å². The second-order valence-corrected chi connectivity index (χ2v) is 3.94. The lowest BCUT2D eigenvalue weighted by Crippen LogP contribution is -3.00. The third-order valence-corrected chi connectivity index (χ3v) is 1.96. The molecule has 1 unspecified atom stereocenters. The largest absolute Gasteiger partial charge is 1.00 e. The van der Waals surface area contributed by atoms with Crippen molar-refractivity contribution in [2.24, 2.45) is 0 Å². The van der Waals surface area contributed by atoms with Crippen molar-refractivity contribution < 1.29 is 21.7 Å². The van der Waals surface area contributed by atoms with Gasteiger partial charge in [0.05, 0.1) is 21.1 Å². The fourth-order valence-corrected chi connectivity index (χ4v) is 0.708. The summed E-state index contributed by atoms with van der Waals surface area (Å²) < 4.78 is 0.658. The number of likely N-dealkylation sites (N-methyl/N-ethyl adjacent to an activating group) is 1. The molecule has 0 aromatic rings. The van der Waals surface area contributed by atoms with E-state index in [1.807, 2.05) is 28.1 Å². The summed E-state index contributed by atoms with van der Waals surface area (Å²) in [5.74, 6) is 0.150. The highest BCUT2D eigenvalue weighted by molar-refractivity contribution is 5.97. The Hall–Kier alpha value is -0.340. The summed E-state index contributed by atoms with van der Waals surface area (Å²) in [6.07, 6.45) is 0. The average Bonchev–Trinajstić information content (AvgIpc) is 1.82. The third-order valence-electron chi connectivity index (χ3n) is 1.96. The lowest BCUT2D eigenvalue weighted by molar-refractivity contribution is -0.884. The molecule has 0 aliphatic heterocycles. The third kappa shape index (κ3) is 3.88. The number of carbonyl (C=O) groups is 1. The molecule has 1 atom stereocenters. The van der Waals surface area contributed by atoms with E-state index < -0.39 is 0 Å². The molecule has 0 saturated carbocycles. The molecule has 72 valence electrons. The summed E-state index contributed by atoms with van der Waals surface area (Å²) in [5, 5.41) is 0. The molecule has 0 N–H and O–H groups in total. The summed E-state index contributed by atoms with van der Waals surface area (Å²) in [5.41, 5.74) is 0.644. The van der Waals surface area contributed by atoms with E-state index >= 15 is 0 Å². The fraction of sp³-hybridized carbons (Fsp3) is 0.667. The maximum atomic E-state index is 11.4.